The molecule has 2 aromatic carbocycles. The Kier molecular flexibility index (Phi) is 6.08. The molecule has 0 saturated carbocycles. The van der Waals surface area contributed by atoms with Gasteiger partial charge in [-0.2, -0.15) is 0 Å². The third kappa shape index (κ3) is 4.77. The minimum Gasteiger partial charge on any atom is -0.497 e. The summed E-state index contributed by atoms with van der Waals surface area (Å²) in [5.41, 5.74) is 1.13. The van der Waals surface area contributed by atoms with E-state index < -0.39 is 4.92 Å². The van der Waals surface area contributed by atoms with Gasteiger partial charge in [0.1, 0.15) is 18.0 Å². The zero-order chi connectivity index (χ0) is 18.4. The number of rotatable bonds is 7. The van der Waals surface area contributed by atoms with Crippen LogP contribution in [0.15, 0.2) is 48.5 Å². The Hall–Kier alpha value is -2.93. The molecule has 7 nitrogen and oxygen atoms in total. The number of nitro benzene ring substituents is 1. The molecular weight excluding hydrogens is 322 g/mol. The lowest BCUT2D eigenvalue weighted by Gasteiger charge is -2.21. The quantitative estimate of drug-likeness (QED) is 0.591. The Morgan fingerprint density at radius 1 is 1.28 bits per heavy atom. The standard InChI is InChI=1S/C18H21N3O4/c1-13(20(2)12-14-7-6-8-15(11-14)25-3)18(22)19-16-9-4-5-10-17(16)21(23)24/h4-11,13H,12H2,1-3H3,(H,19,22)/p+1/t13-/m1/s1. The highest BCUT2D eigenvalue weighted by molar-refractivity contribution is 5.95. The van der Waals surface area contributed by atoms with Crippen LogP contribution in [-0.2, 0) is 11.3 Å². The van der Waals surface area contributed by atoms with Gasteiger partial charge >= 0.3 is 0 Å². The molecule has 0 saturated heterocycles. The van der Waals surface area contributed by atoms with Gasteiger partial charge in [0.25, 0.3) is 11.6 Å². The topological polar surface area (TPSA) is 85.9 Å². The largest absolute Gasteiger partial charge is 0.497 e. The molecule has 0 bridgehead atoms. The number of quaternary nitrogens is 1. The highest BCUT2D eigenvalue weighted by atomic mass is 16.6. The molecule has 0 aromatic heterocycles. The smallest absolute Gasteiger partial charge is 0.292 e. The molecule has 0 aliphatic heterocycles. The minimum absolute atomic E-state index is 0.117. The number of nitrogens with zero attached hydrogens (tertiary/aromatic N) is 1. The maximum atomic E-state index is 12.5. The van der Waals surface area contributed by atoms with Crippen molar-refractivity contribution in [1.82, 2.24) is 0 Å². The van der Waals surface area contributed by atoms with E-state index in [9.17, 15) is 14.9 Å². The molecule has 7 heteroatoms. The van der Waals surface area contributed by atoms with Crippen molar-refractivity contribution in [1.29, 1.82) is 0 Å². The van der Waals surface area contributed by atoms with E-state index in [1.807, 2.05) is 31.3 Å². The average molecular weight is 344 g/mol. The summed E-state index contributed by atoms with van der Waals surface area (Å²) in [7, 11) is 3.52. The number of amides is 1. The van der Waals surface area contributed by atoms with Gasteiger partial charge in [-0.15, -0.1) is 0 Å². The Morgan fingerprint density at radius 3 is 2.68 bits per heavy atom. The van der Waals surface area contributed by atoms with E-state index in [4.69, 9.17) is 4.74 Å². The summed E-state index contributed by atoms with van der Waals surface area (Å²) < 4.78 is 5.21. The van der Waals surface area contributed by atoms with E-state index in [-0.39, 0.29) is 23.3 Å². The molecule has 0 fully saturated rings. The van der Waals surface area contributed by atoms with E-state index in [1.165, 1.54) is 12.1 Å². The molecule has 2 aromatic rings. The molecule has 0 aliphatic rings. The van der Waals surface area contributed by atoms with Crippen molar-refractivity contribution < 1.29 is 19.4 Å². The van der Waals surface area contributed by atoms with Crippen LogP contribution in [0.2, 0.25) is 0 Å². The van der Waals surface area contributed by atoms with Gasteiger partial charge in [-0.1, -0.05) is 24.3 Å². The van der Waals surface area contributed by atoms with Crippen LogP contribution < -0.4 is 15.0 Å². The van der Waals surface area contributed by atoms with Crippen molar-refractivity contribution in [3.63, 3.8) is 0 Å². The SMILES string of the molecule is COc1cccc(C[NH+](C)[C@H](C)C(=O)Nc2ccccc2[N+](=O)[O-])c1. The monoisotopic (exact) mass is 344 g/mol. The second-order valence-electron chi connectivity index (χ2n) is 5.86. The molecule has 1 amide bonds. The average Bonchev–Trinajstić information content (AvgIpc) is 2.61. The Bertz CT molecular complexity index is 763. The highest BCUT2D eigenvalue weighted by Gasteiger charge is 2.24. The number of carbonyl (C=O) groups excluding carboxylic acids is 1. The molecule has 1 unspecified atom stereocenters. The summed E-state index contributed by atoms with van der Waals surface area (Å²) in [6, 6.07) is 13.4. The lowest BCUT2D eigenvalue weighted by atomic mass is 10.1. The second kappa shape index (κ2) is 8.25. The van der Waals surface area contributed by atoms with Crippen LogP contribution in [0.3, 0.4) is 0 Å². The van der Waals surface area contributed by atoms with Crippen molar-refractivity contribution in [3.05, 3.63) is 64.2 Å². The van der Waals surface area contributed by atoms with Gasteiger partial charge < -0.3 is 15.0 Å². The van der Waals surface area contributed by atoms with E-state index in [2.05, 4.69) is 5.32 Å². The number of likely N-dealkylation sites (N-methyl/N-ethyl adjacent to an activating group) is 1. The number of para-hydroxylation sites is 2. The fourth-order valence-electron chi connectivity index (χ4n) is 2.46. The third-order valence-corrected chi connectivity index (χ3v) is 4.11. The predicted molar refractivity (Wildman–Crippen MR) is 94.8 cm³/mol. The molecule has 2 N–H and O–H groups in total. The minimum atomic E-state index is -0.507. The first-order valence-electron chi connectivity index (χ1n) is 7.92. The number of nitrogens with one attached hydrogen (secondary N) is 2. The van der Waals surface area contributed by atoms with Crippen molar-refractivity contribution in [2.75, 3.05) is 19.5 Å². The zero-order valence-electron chi connectivity index (χ0n) is 14.5. The number of ether oxygens (including phenoxy) is 1. The fourth-order valence-corrected chi connectivity index (χ4v) is 2.46. The molecule has 0 radical (unpaired) electrons. The summed E-state index contributed by atoms with van der Waals surface area (Å²) in [5, 5.41) is 13.7. The van der Waals surface area contributed by atoms with Gasteiger partial charge in [-0.3, -0.25) is 14.9 Å². The zero-order valence-corrected chi connectivity index (χ0v) is 14.5. The summed E-state index contributed by atoms with van der Waals surface area (Å²) in [4.78, 5) is 24.0. The molecule has 132 valence electrons. The molecule has 2 atom stereocenters. The maximum absolute atomic E-state index is 12.5. The normalized spacial score (nSPS) is 12.9. The number of nitro groups is 1. The first kappa shape index (κ1) is 18.4. The summed E-state index contributed by atoms with van der Waals surface area (Å²) in [6.07, 6.45) is 0. The number of hydrogen-bond donors (Lipinski definition) is 2. The summed E-state index contributed by atoms with van der Waals surface area (Å²) in [5.74, 6) is 0.497. The number of hydrogen-bond acceptors (Lipinski definition) is 4. The van der Waals surface area contributed by atoms with Crippen LogP contribution in [0.4, 0.5) is 11.4 Å². The summed E-state index contributed by atoms with van der Waals surface area (Å²) >= 11 is 0. The van der Waals surface area contributed by atoms with Gasteiger partial charge in [-0.05, 0) is 25.1 Å². The van der Waals surface area contributed by atoms with Crippen LogP contribution in [-0.4, -0.2) is 31.0 Å². The van der Waals surface area contributed by atoms with Crippen LogP contribution in [0, 0.1) is 10.1 Å². The first-order chi connectivity index (χ1) is 11.9. The van der Waals surface area contributed by atoms with Crippen LogP contribution >= 0.6 is 0 Å². The van der Waals surface area contributed by atoms with Crippen LogP contribution in [0.5, 0.6) is 5.75 Å². The van der Waals surface area contributed by atoms with Crippen LogP contribution in [0.25, 0.3) is 0 Å². The number of carbonyl (C=O) groups is 1. The number of anilines is 1. The second-order valence-corrected chi connectivity index (χ2v) is 5.86. The Labute approximate surface area is 146 Å². The van der Waals surface area contributed by atoms with E-state index in [0.717, 1.165) is 16.2 Å². The molecule has 2 rings (SSSR count). The van der Waals surface area contributed by atoms with E-state index in [1.54, 1.807) is 26.2 Å². The summed E-state index contributed by atoms with van der Waals surface area (Å²) in [6.45, 7) is 2.42. The maximum Gasteiger partial charge on any atom is 0.292 e. The van der Waals surface area contributed by atoms with E-state index in [0.29, 0.717) is 6.54 Å². The van der Waals surface area contributed by atoms with Crippen LogP contribution in [0.1, 0.15) is 12.5 Å². The van der Waals surface area contributed by atoms with Crippen molar-refractivity contribution in [2.45, 2.75) is 19.5 Å². The molecule has 25 heavy (non-hydrogen) atoms. The predicted octanol–water partition coefficient (Wildman–Crippen LogP) is 1.65. The lowest BCUT2D eigenvalue weighted by molar-refractivity contribution is -0.907. The molecular formula is C18H22N3O4+. The molecule has 0 aliphatic carbocycles. The van der Waals surface area contributed by atoms with Crippen molar-refractivity contribution in [3.8, 4) is 5.75 Å². The van der Waals surface area contributed by atoms with Crippen molar-refractivity contribution in [2.24, 2.45) is 0 Å². The molecule has 0 spiro atoms. The van der Waals surface area contributed by atoms with Gasteiger partial charge in [0.15, 0.2) is 6.04 Å². The fraction of sp³-hybridized carbons (Fsp3) is 0.278. The number of methoxy groups -OCH3 is 1. The Morgan fingerprint density at radius 2 is 2.00 bits per heavy atom. The third-order valence-electron chi connectivity index (χ3n) is 4.11. The lowest BCUT2D eigenvalue weighted by Crippen LogP contribution is -3.12. The van der Waals surface area contributed by atoms with Gasteiger partial charge in [0, 0.05) is 11.6 Å². The van der Waals surface area contributed by atoms with Gasteiger partial charge in [0.05, 0.1) is 19.1 Å². The first-order valence-corrected chi connectivity index (χ1v) is 7.92. The van der Waals surface area contributed by atoms with Crippen molar-refractivity contribution >= 4 is 17.3 Å². The highest BCUT2D eigenvalue weighted by Crippen LogP contribution is 2.23. The van der Waals surface area contributed by atoms with E-state index >= 15 is 0 Å². The van der Waals surface area contributed by atoms with Gasteiger partial charge in [-0.25, -0.2) is 0 Å². The Balaban J connectivity index is 2.05. The molecule has 0 heterocycles. The van der Waals surface area contributed by atoms with Gasteiger partial charge in [0.2, 0.25) is 0 Å². The number of benzene rings is 2.